The first-order valence-electron chi connectivity index (χ1n) is 5.81. The summed E-state index contributed by atoms with van der Waals surface area (Å²) in [4.78, 5) is 11.7. The maximum absolute atomic E-state index is 11.7. The van der Waals surface area contributed by atoms with Crippen molar-refractivity contribution in [2.45, 2.75) is 52.1 Å². The predicted octanol–water partition coefficient (Wildman–Crippen LogP) is 3.07. The van der Waals surface area contributed by atoms with Crippen molar-refractivity contribution in [1.82, 2.24) is 0 Å². The number of hydrogen-bond donors (Lipinski definition) is 0. The van der Waals surface area contributed by atoms with Crippen molar-refractivity contribution in [3.63, 3.8) is 0 Å². The average Bonchev–Trinajstić information content (AvgIpc) is 2.73. The van der Waals surface area contributed by atoms with Crippen LogP contribution in [0.2, 0.25) is 0 Å². The molecule has 2 atom stereocenters. The number of fused-ring (bicyclic) bond motifs is 1. The van der Waals surface area contributed by atoms with Crippen LogP contribution in [0.5, 0.6) is 0 Å². The van der Waals surface area contributed by atoms with E-state index in [2.05, 4.69) is 12.2 Å². The van der Waals surface area contributed by atoms with E-state index < -0.39 is 0 Å². The summed E-state index contributed by atoms with van der Waals surface area (Å²) in [6.07, 6.45) is 8.65. The largest absolute Gasteiger partial charge is 0.460 e. The van der Waals surface area contributed by atoms with Crippen LogP contribution in [0.3, 0.4) is 0 Å². The topological polar surface area (TPSA) is 26.3 Å². The van der Waals surface area contributed by atoms with Crippen LogP contribution in [0.25, 0.3) is 0 Å². The normalized spacial score (nSPS) is 33.4. The zero-order chi connectivity index (χ0) is 11.1. The summed E-state index contributed by atoms with van der Waals surface area (Å²) in [6.45, 7) is 5.76. The lowest BCUT2D eigenvalue weighted by atomic mass is 9.92. The Balaban J connectivity index is 1.90. The molecule has 1 saturated carbocycles. The number of allylic oxidation sites excluding steroid dienone is 2. The Kier molecular flexibility index (Phi) is 2.40. The average molecular weight is 208 g/mol. The molecule has 1 fully saturated rings. The van der Waals surface area contributed by atoms with Gasteiger partial charge in [-0.25, -0.2) is 0 Å². The summed E-state index contributed by atoms with van der Waals surface area (Å²) in [5, 5.41) is 0. The Morgan fingerprint density at radius 1 is 1.53 bits per heavy atom. The second-order valence-corrected chi connectivity index (χ2v) is 5.88. The summed E-state index contributed by atoms with van der Waals surface area (Å²) in [7, 11) is 0. The van der Waals surface area contributed by atoms with E-state index in [9.17, 15) is 4.79 Å². The molecule has 84 valence electrons. The first-order valence-corrected chi connectivity index (χ1v) is 5.81. The van der Waals surface area contributed by atoms with Gasteiger partial charge in [0.25, 0.3) is 0 Å². The van der Waals surface area contributed by atoms with Gasteiger partial charge in [-0.2, -0.15) is 0 Å². The Morgan fingerprint density at radius 2 is 2.27 bits per heavy atom. The molecule has 0 aromatic rings. The third-order valence-electron chi connectivity index (χ3n) is 3.30. The number of carbonyl (C=O) groups excluding carboxylic acids is 1. The highest BCUT2D eigenvalue weighted by molar-refractivity contribution is 5.72. The summed E-state index contributed by atoms with van der Waals surface area (Å²) >= 11 is 0. The molecule has 0 unspecified atom stereocenters. The molecular weight excluding hydrogens is 188 g/mol. The molecular formula is C13H20O2. The van der Waals surface area contributed by atoms with Crippen molar-refractivity contribution in [1.29, 1.82) is 0 Å². The Labute approximate surface area is 91.7 Å². The first-order chi connectivity index (χ1) is 6.91. The Hall–Kier alpha value is -0.790. The lowest BCUT2D eigenvalue weighted by Crippen LogP contribution is -2.25. The third-order valence-corrected chi connectivity index (χ3v) is 3.30. The van der Waals surface area contributed by atoms with Crippen LogP contribution in [0.1, 0.15) is 46.5 Å². The molecule has 0 spiro atoms. The van der Waals surface area contributed by atoms with Gasteiger partial charge in [0.05, 0.1) is 6.42 Å². The Bertz CT molecular complexity index is 298. The van der Waals surface area contributed by atoms with Crippen LogP contribution < -0.4 is 0 Å². The van der Waals surface area contributed by atoms with Gasteiger partial charge in [0.15, 0.2) is 0 Å². The van der Waals surface area contributed by atoms with E-state index in [0.717, 1.165) is 5.92 Å². The van der Waals surface area contributed by atoms with Crippen molar-refractivity contribution in [2.75, 3.05) is 0 Å². The van der Waals surface area contributed by atoms with Gasteiger partial charge >= 0.3 is 5.97 Å². The van der Waals surface area contributed by atoms with E-state index in [1.165, 1.54) is 19.3 Å². The molecule has 15 heavy (non-hydrogen) atoms. The van der Waals surface area contributed by atoms with Crippen LogP contribution in [0.4, 0.5) is 0 Å². The lowest BCUT2D eigenvalue weighted by Gasteiger charge is -2.22. The predicted molar refractivity (Wildman–Crippen MR) is 59.4 cm³/mol. The SMILES string of the molecule is CC(C)(C)OC(=O)C[C@@]12C=CCC[C@H]1C2. The first kappa shape index (κ1) is 10.7. The standard InChI is InChI=1S/C13H20O2/c1-12(2,3)15-11(14)9-13-7-5-4-6-10(13)8-13/h5,7,10H,4,6,8-9H2,1-3H3/t10-,13-/m0/s1. The molecule has 0 heterocycles. The summed E-state index contributed by atoms with van der Waals surface area (Å²) in [5.41, 5.74) is -0.170. The molecule has 2 aliphatic rings. The minimum atomic E-state index is -0.351. The second kappa shape index (κ2) is 3.36. The highest BCUT2D eigenvalue weighted by Crippen LogP contribution is 2.60. The van der Waals surface area contributed by atoms with Crippen LogP contribution in [0.15, 0.2) is 12.2 Å². The van der Waals surface area contributed by atoms with Crippen molar-refractivity contribution >= 4 is 5.97 Å². The van der Waals surface area contributed by atoms with E-state index >= 15 is 0 Å². The van der Waals surface area contributed by atoms with Crippen molar-refractivity contribution in [2.24, 2.45) is 11.3 Å². The zero-order valence-electron chi connectivity index (χ0n) is 9.88. The van der Waals surface area contributed by atoms with E-state index in [-0.39, 0.29) is 17.0 Å². The van der Waals surface area contributed by atoms with Gasteiger partial charge in [0, 0.05) is 5.41 Å². The fourth-order valence-corrected chi connectivity index (χ4v) is 2.53. The monoisotopic (exact) mass is 208 g/mol. The van der Waals surface area contributed by atoms with Crippen molar-refractivity contribution < 1.29 is 9.53 Å². The highest BCUT2D eigenvalue weighted by Gasteiger charge is 2.54. The van der Waals surface area contributed by atoms with E-state index in [1.54, 1.807) is 0 Å². The smallest absolute Gasteiger partial charge is 0.307 e. The lowest BCUT2D eigenvalue weighted by molar-refractivity contribution is -0.156. The molecule has 2 heteroatoms. The number of ether oxygens (including phenoxy) is 1. The van der Waals surface area contributed by atoms with E-state index in [0.29, 0.717) is 6.42 Å². The minimum absolute atomic E-state index is 0.0449. The molecule has 0 amide bonds. The molecule has 0 N–H and O–H groups in total. The molecule has 0 saturated heterocycles. The number of hydrogen-bond acceptors (Lipinski definition) is 2. The fraction of sp³-hybridized carbons (Fsp3) is 0.769. The molecule has 0 radical (unpaired) electrons. The van der Waals surface area contributed by atoms with Gasteiger partial charge in [-0.05, 0) is 46.0 Å². The minimum Gasteiger partial charge on any atom is -0.460 e. The van der Waals surface area contributed by atoms with Gasteiger partial charge in [-0.15, -0.1) is 0 Å². The van der Waals surface area contributed by atoms with Gasteiger partial charge < -0.3 is 4.74 Å². The highest BCUT2D eigenvalue weighted by atomic mass is 16.6. The summed E-state index contributed by atoms with van der Waals surface area (Å²) in [6, 6.07) is 0. The number of carbonyl (C=O) groups is 1. The number of esters is 1. The maximum Gasteiger partial charge on any atom is 0.307 e. The fourth-order valence-electron chi connectivity index (χ4n) is 2.53. The summed E-state index contributed by atoms with van der Waals surface area (Å²) < 4.78 is 5.36. The van der Waals surface area contributed by atoms with Gasteiger partial charge in [0.2, 0.25) is 0 Å². The third kappa shape index (κ3) is 2.42. The van der Waals surface area contributed by atoms with Crippen LogP contribution in [0, 0.1) is 11.3 Å². The van der Waals surface area contributed by atoms with Crippen LogP contribution in [-0.2, 0) is 9.53 Å². The van der Waals surface area contributed by atoms with Crippen LogP contribution >= 0.6 is 0 Å². The van der Waals surface area contributed by atoms with Crippen molar-refractivity contribution in [3.8, 4) is 0 Å². The van der Waals surface area contributed by atoms with E-state index in [4.69, 9.17) is 4.74 Å². The second-order valence-electron chi connectivity index (χ2n) is 5.88. The van der Waals surface area contributed by atoms with Gasteiger partial charge in [0.1, 0.15) is 5.60 Å². The molecule has 0 aromatic carbocycles. The molecule has 2 nitrogen and oxygen atoms in total. The Morgan fingerprint density at radius 3 is 2.87 bits per heavy atom. The summed E-state index contributed by atoms with van der Waals surface area (Å²) in [5.74, 6) is 0.701. The van der Waals surface area contributed by atoms with Gasteiger partial charge in [-0.3, -0.25) is 4.79 Å². The molecule has 0 aliphatic heterocycles. The van der Waals surface area contributed by atoms with Crippen LogP contribution in [-0.4, -0.2) is 11.6 Å². The molecule has 0 aromatic heterocycles. The molecule has 0 bridgehead atoms. The van der Waals surface area contributed by atoms with E-state index in [1.807, 2.05) is 20.8 Å². The number of rotatable bonds is 2. The quantitative estimate of drug-likeness (QED) is 0.515. The zero-order valence-corrected chi connectivity index (χ0v) is 9.88. The molecule has 2 rings (SSSR count). The van der Waals surface area contributed by atoms with Crippen molar-refractivity contribution in [3.05, 3.63) is 12.2 Å². The molecule has 2 aliphatic carbocycles. The maximum atomic E-state index is 11.7. The van der Waals surface area contributed by atoms with Gasteiger partial charge in [-0.1, -0.05) is 12.2 Å².